The van der Waals surface area contributed by atoms with Crippen molar-refractivity contribution in [3.63, 3.8) is 0 Å². The van der Waals surface area contributed by atoms with Crippen LogP contribution < -0.4 is 0 Å². The molecule has 2 saturated heterocycles. The highest BCUT2D eigenvalue weighted by atomic mass is 16.7. The Balaban J connectivity index is 2.08. The standard InChI is InChI=1S/C9H14O2/c1-6(2)8-5-11-9-7(8)3-4-10-9/h7-9H,1,3-5H2,2H3/t7-,8+,9+/m0/s1. The molecule has 0 spiro atoms. The number of ether oxygens (including phenoxy) is 2. The lowest BCUT2D eigenvalue weighted by Crippen LogP contribution is -2.15. The minimum absolute atomic E-state index is 0.0803. The fourth-order valence-electron chi connectivity index (χ4n) is 1.97. The topological polar surface area (TPSA) is 18.5 Å². The molecule has 0 N–H and O–H groups in total. The molecule has 2 aliphatic rings. The molecule has 0 aromatic rings. The molecule has 0 aromatic heterocycles. The molecule has 2 fully saturated rings. The van der Waals surface area contributed by atoms with Gasteiger partial charge in [-0.3, -0.25) is 0 Å². The Hall–Kier alpha value is -0.340. The van der Waals surface area contributed by atoms with Gasteiger partial charge in [-0.15, -0.1) is 0 Å². The summed E-state index contributed by atoms with van der Waals surface area (Å²) in [4.78, 5) is 0. The van der Waals surface area contributed by atoms with Crippen LogP contribution in [0.25, 0.3) is 0 Å². The summed E-state index contributed by atoms with van der Waals surface area (Å²) in [6, 6.07) is 0. The van der Waals surface area contributed by atoms with Crippen LogP contribution in [0.5, 0.6) is 0 Å². The van der Waals surface area contributed by atoms with Crippen molar-refractivity contribution in [2.75, 3.05) is 13.2 Å². The van der Waals surface area contributed by atoms with Gasteiger partial charge in [0.1, 0.15) is 0 Å². The summed E-state index contributed by atoms with van der Waals surface area (Å²) in [6.07, 6.45) is 1.22. The van der Waals surface area contributed by atoms with E-state index >= 15 is 0 Å². The monoisotopic (exact) mass is 154 g/mol. The Kier molecular flexibility index (Phi) is 1.74. The smallest absolute Gasteiger partial charge is 0.161 e. The van der Waals surface area contributed by atoms with Crippen LogP contribution in [0.15, 0.2) is 12.2 Å². The average molecular weight is 154 g/mol. The molecule has 62 valence electrons. The molecule has 2 heteroatoms. The lowest BCUT2D eigenvalue weighted by atomic mass is 9.88. The van der Waals surface area contributed by atoms with Gasteiger partial charge in [0.15, 0.2) is 6.29 Å². The predicted molar refractivity (Wildman–Crippen MR) is 42.1 cm³/mol. The van der Waals surface area contributed by atoms with Crippen molar-refractivity contribution >= 4 is 0 Å². The molecule has 0 unspecified atom stereocenters. The van der Waals surface area contributed by atoms with Crippen molar-refractivity contribution in [2.24, 2.45) is 11.8 Å². The van der Waals surface area contributed by atoms with E-state index in [1.807, 2.05) is 0 Å². The molecular formula is C9H14O2. The molecule has 2 aliphatic heterocycles. The van der Waals surface area contributed by atoms with E-state index in [4.69, 9.17) is 9.47 Å². The summed E-state index contributed by atoms with van der Waals surface area (Å²) in [5, 5.41) is 0. The first-order chi connectivity index (χ1) is 5.29. The fourth-order valence-corrected chi connectivity index (χ4v) is 1.97. The lowest BCUT2D eigenvalue weighted by molar-refractivity contribution is -0.0905. The highest BCUT2D eigenvalue weighted by molar-refractivity contribution is 5.03. The number of rotatable bonds is 1. The van der Waals surface area contributed by atoms with E-state index in [9.17, 15) is 0 Å². The van der Waals surface area contributed by atoms with Crippen molar-refractivity contribution in [1.29, 1.82) is 0 Å². The summed E-state index contributed by atoms with van der Waals surface area (Å²) in [5.41, 5.74) is 1.24. The minimum Gasteiger partial charge on any atom is -0.352 e. The minimum atomic E-state index is 0.0803. The van der Waals surface area contributed by atoms with Crippen LogP contribution in [0.4, 0.5) is 0 Å². The van der Waals surface area contributed by atoms with Crippen LogP contribution in [0.1, 0.15) is 13.3 Å². The van der Waals surface area contributed by atoms with Crippen molar-refractivity contribution in [3.8, 4) is 0 Å². The molecule has 11 heavy (non-hydrogen) atoms. The molecule has 0 bridgehead atoms. The second-order valence-corrected chi connectivity index (χ2v) is 3.48. The number of hydrogen-bond acceptors (Lipinski definition) is 2. The molecule has 2 heterocycles. The summed E-state index contributed by atoms with van der Waals surface area (Å²) in [6.45, 7) is 7.71. The summed E-state index contributed by atoms with van der Waals surface area (Å²) in [5.74, 6) is 1.13. The Labute approximate surface area is 67.2 Å². The van der Waals surface area contributed by atoms with Crippen LogP contribution in [-0.2, 0) is 9.47 Å². The first kappa shape index (κ1) is 7.32. The van der Waals surface area contributed by atoms with Crippen LogP contribution >= 0.6 is 0 Å². The highest BCUT2D eigenvalue weighted by Crippen LogP contribution is 2.38. The maximum Gasteiger partial charge on any atom is 0.161 e. The van der Waals surface area contributed by atoms with Gasteiger partial charge in [-0.1, -0.05) is 12.2 Å². The first-order valence-electron chi connectivity index (χ1n) is 4.17. The van der Waals surface area contributed by atoms with Crippen molar-refractivity contribution < 1.29 is 9.47 Å². The van der Waals surface area contributed by atoms with Gasteiger partial charge in [-0.25, -0.2) is 0 Å². The molecule has 0 saturated carbocycles. The van der Waals surface area contributed by atoms with Crippen LogP contribution in [0.2, 0.25) is 0 Å². The third-order valence-corrected chi connectivity index (χ3v) is 2.67. The Bertz CT molecular complexity index is 176. The highest BCUT2D eigenvalue weighted by Gasteiger charge is 2.41. The number of hydrogen-bond donors (Lipinski definition) is 0. The van der Waals surface area contributed by atoms with Crippen molar-refractivity contribution in [3.05, 3.63) is 12.2 Å². The maximum absolute atomic E-state index is 5.47. The van der Waals surface area contributed by atoms with Crippen molar-refractivity contribution in [2.45, 2.75) is 19.6 Å². The van der Waals surface area contributed by atoms with Crippen molar-refractivity contribution in [1.82, 2.24) is 0 Å². The van der Waals surface area contributed by atoms with Gasteiger partial charge >= 0.3 is 0 Å². The molecule has 0 amide bonds. The Morgan fingerprint density at radius 3 is 3.00 bits per heavy atom. The van der Waals surface area contributed by atoms with E-state index in [0.717, 1.165) is 19.6 Å². The van der Waals surface area contributed by atoms with E-state index in [0.29, 0.717) is 11.8 Å². The van der Waals surface area contributed by atoms with E-state index in [1.54, 1.807) is 0 Å². The van der Waals surface area contributed by atoms with Gasteiger partial charge in [0.2, 0.25) is 0 Å². The molecule has 2 rings (SSSR count). The zero-order valence-electron chi connectivity index (χ0n) is 6.88. The maximum atomic E-state index is 5.47. The summed E-state index contributed by atoms with van der Waals surface area (Å²) >= 11 is 0. The summed E-state index contributed by atoms with van der Waals surface area (Å²) in [7, 11) is 0. The molecule has 0 radical (unpaired) electrons. The number of fused-ring (bicyclic) bond motifs is 1. The quantitative estimate of drug-likeness (QED) is 0.534. The zero-order valence-corrected chi connectivity index (χ0v) is 6.88. The lowest BCUT2D eigenvalue weighted by Gasteiger charge is -2.13. The largest absolute Gasteiger partial charge is 0.352 e. The normalized spacial score (nSPS) is 42.5. The second-order valence-electron chi connectivity index (χ2n) is 3.48. The fraction of sp³-hybridized carbons (Fsp3) is 0.778. The predicted octanol–water partition coefficient (Wildman–Crippen LogP) is 1.57. The van der Waals surface area contributed by atoms with E-state index in [1.165, 1.54) is 5.57 Å². The van der Waals surface area contributed by atoms with Gasteiger partial charge in [-0.2, -0.15) is 0 Å². The second kappa shape index (κ2) is 2.61. The van der Waals surface area contributed by atoms with Crippen LogP contribution in [-0.4, -0.2) is 19.5 Å². The van der Waals surface area contributed by atoms with Crippen LogP contribution in [0, 0.1) is 11.8 Å². The van der Waals surface area contributed by atoms with Gasteiger partial charge in [0, 0.05) is 11.8 Å². The molecule has 2 nitrogen and oxygen atoms in total. The Morgan fingerprint density at radius 2 is 2.27 bits per heavy atom. The van der Waals surface area contributed by atoms with Gasteiger partial charge < -0.3 is 9.47 Å². The molecular weight excluding hydrogens is 140 g/mol. The third kappa shape index (κ3) is 1.10. The third-order valence-electron chi connectivity index (χ3n) is 2.67. The van der Waals surface area contributed by atoms with E-state index in [-0.39, 0.29) is 6.29 Å². The SMILES string of the molecule is C=C(C)[C@H]1CO[C@H]2OCC[C@H]21. The zero-order chi connectivity index (χ0) is 7.84. The van der Waals surface area contributed by atoms with Gasteiger partial charge in [-0.05, 0) is 13.3 Å². The van der Waals surface area contributed by atoms with Gasteiger partial charge in [0.05, 0.1) is 13.2 Å². The Morgan fingerprint density at radius 1 is 1.45 bits per heavy atom. The van der Waals surface area contributed by atoms with E-state index < -0.39 is 0 Å². The van der Waals surface area contributed by atoms with Crippen LogP contribution in [0.3, 0.4) is 0 Å². The van der Waals surface area contributed by atoms with Gasteiger partial charge in [0.25, 0.3) is 0 Å². The molecule has 3 atom stereocenters. The molecule has 0 aliphatic carbocycles. The average Bonchev–Trinajstić information content (AvgIpc) is 2.41. The summed E-state index contributed by atoms with van der Waals surface area (Å²) < 4.78 is 10.9. The van der Waals surface area contributed by atoms with E-state index in [2.05, 4.69) is 13.5 Å². The first-order valence-corrected chi connectivity index (χ1v) is 4.17. The molecule has 0 aromatic carbocycles.